The Labute approximate surface area is 272 Å². The number of hydrogen-bond donors (Lipinski definition) is 6. The number of hydrogen-bond acceptors (Lipinski definition) is 8. The predicted molar refractivity (Wildman–Crippen MR) is 183 cm³/mol. The lowest BCUT2D eigenvalue weighted by molar-refractivity contribution is -0.180. The summed E-state index contributed by atoms with van der Waals surface area (Å²) in [6.07, 6.45) is 14.5. The van der Waals surface area contributed by atoms with Crippen LogP contribution in [0.5, 0.6) is 0 Å². The van der Waals surface area contributed by atoms with E-state index in [1.165, 1.54) is 5.57 Å². The van der Waals surface area contributed by atoms with Gasteiger partial charge in [-0.15, -0.1) is 0 Å². The summed E-state index contributed by atoms with van der Waals surface area (Å²) >= 11 is 0. The molecule has 8 nitrogen and oxygen atoms in total. The quantitative estimate of drug-likeness (QED) is 0.0500. The van der Waals surface area contributed by atoms with Gasteiger partial charge in [-0.1, -0.05) is 47.6 Å². The second kappa shape index (κ2) is 19.7. The van der Waals surface area contributed by atoms with Crippen LogP contribution in [0, 0.1) is 17.3 Å². The summed E-state index contributed by atoms with van der Waals surface area (Å²) in [5.41, 5.74) is 2.61. The minimum absolute atomic E-state index is 0.00523. The molecule has 2 saturated carbocycles. The zero-order chi connectivity index (χ0) is 33.5. The molecule has 8 heteroatoms. The van der Waals surface area contributed by atoms with E-state index in [4.69, 9.17) is 4.74 Å². The number of allylic oxidation sites excluding steroid dienone is 7. The second-order valence-corrected chi connectivity index (χ2v) is 13.3. The average Bonchev–Trinajstić information content (AvgIpc) is 3.37. The molecule has 0 bridgehead atoms. The van der Waals surface area contributed by atoms with Crippen LogP contribution in [-0.4, -0.2) is 91.5 Å². The van der Waals surface area contributed by atoms with Crippen molar-refractivity contribution in [3.05, 3.63) is 58.7 Å². The van der Waals surface area contributed by atoms with E-state index in [0.29, 0.717) is 63.1 Å². The van der Waals surface area contributed by atoms with Crippen molar-refractivity contribution in [2.75, 3.05) is 47.1 Å². The van der Waals surface area contributed by atoms with Gasteiger partial charge >= 0.3 is 0 Å². The maximum atomic E-state index is 12.3. The van der Waals surface area contributed by atoms with Crippen molar-refractivity contribution in [3.8, 4) is 0 Å². The highest BCUT2D eigenvalue weighted by Gasteiger charge is 2.65. The van der Waals surface area contributed by atoms with Crippen LogP contribution in [0.2, 0.25) is 0 Å². The number of rotatable bonds is 20. The first kappa shape index (κ1) is 39.3. The fourth-order valence-electron chi connectivity index (χ4n) is 7.68. The Morgan fingerprint density at radius 2 is 2.00 bits per heavy atom. The highest BCUT2D eigenvalue weighted by molar-refractivity contribution is 5.74. The van der Waals surface area contributed by atoms with E-state index >= 15 is 0 Å². The standard InChI is InChI=1S/C37H62N2O6/c1-27(10-7-12-28(2)24-39-30(4)17-23-45-6)11-8-13-31(26-42)33-16-19-37(35(33)43)34(14-9-22-40)32(29(3)25-41)15-18-36(37,44)20-21-38-5/h8,11-13,25,30,33-35,38-40,42-44H,1,7,9-10,14-24,26H2,2-6H3. The van der Waals surface area contributed by atoms with Crippen LogP contribution in [0.25, 0.3) is 0 Å². The van der Waals surface area contributed by atoms with Crippen molar-refractivity contribution in [1.82, 2.24) is 10.6 Å². The summed E-state index contributed by atoms with van der Waals surface area (Å²) < 4.78 is 5.15. The molecule has 2 aliphatic carbocycles. The van der Waals surface area contributed by atoms with Crippen molar-refractivity contribution in [2.24, 2.45) is 17.3 Å². The smallest absolute Gasteiger partial charge is 0.145 e. The van der Waals surface area contributed by atoms with Gasteiger partial charge in [0.1, 0.15) is 6.29 Å². The Morgan fingerprint density at radius 3 is 2.64 bits per heavy atom. The molecule has 0 aromatic heterocycles. The molecule has 6 unspecified atom stereocenters. The third kappa shape index (κ3) is 10.3. The van der Waals surface area contributed by atoms with Gasteiger partial charge in [-0.3, -0.25) is 4.79 Å². The molecule has 6 N–H and O–H groups in total. The fourth-order valence-corrected chi connectivity index (χ4v) is 7.68. The molecule has 0 heterocycles. The zero-order valence-electron chi connectivity index (χ0n) is 28.6. The van der Waals surface area contributed by atoms with Crippen molar-refractivity contribution in [1.29, 1.82) is 0 Å². The van der Waals surface area contributed by atoms with E-state index < -0.39 is 17.1 Å². The molecule has 0 aromatic carbocycles. The number of aldehydes is 1. The molecule has 0 aromatic rings. The first-order valence-electron chi connectivity index (χ1n) is 16.9. The molecule has 0 aliphatic heterocycles. The monoisotopic (exact) mass is 630 g/mol. The predicted octanol–water partition coefficient (Wildman–Crippen LogP) is 4.55. The maximum Gasteiger partial charge on any atom is 0.145 e. The summed E-state index contributed by atoms with van der Waals surface area (Å²) in [5.74, 6) is -0.563. The second-order valence-electron chi connectivity index (χ2n) is 13.3. The number of ether oxygens (including phenoxy) is 1. The third-order valence-corrected chi connectivity index (χ3v) is 10.4. The van der Waals surface area contributed by atoms with Gasteiger partial charge < -0.3 is 35.8 Å². The number of carbonyl (C=O) groups is 1. The molecule has 0 radical (unpaired) electrons. The lowest BCUT2D eigenvalue weighted by Crippen LogP contribution is -2.61. The van der Waals surface area contributed by atoms with Crippen molar-refractivity contribution >= 4 is 6.29 Å². The number of carbonyl (C=O) groups excluding carboxylic acids is 1. The van der Waals surface area contributed by atoms with Crippen LogP contribution in [0.3, 0.4) is 0 Å². The van der Waals surface area contributed by atoms with E-state index in [0.717, 1.165) is 55.4 Å². The van der Waals surface area contributed by atoms with Crippen molar-refractivity contribution < 1.29 is 30.0 Å². The molecule has 256 valence electrons. The molecule has 0 saturated heterocycles. The number of aliphatic hydroxyl groups excluding tert-OH is 3. The van der Waals surface area contributed by atoms with Gasteiger partial charge in [0.05, 0.1) is 18.3 Å². The first-order chi connectivity index (χ1) is 21.5. The van der Waals surface area contributed by atoms with Gasteiger partial charge in [-0.25, -0.2) is 0 Å². The zero-order valence-corrected chi connectivity index (χ0v) is 28.6. The van der Waals surface area contributed by atoms with Crippen LogP contribution in [-0.2, 0) is 9.53 Å². The van der Waals surface area contributed by atoms with Crippen molar-refractivity contribution in [2.45, 2.75) is 103 Å². The van der Waals surface area contributed by atoms with Gasteiger partial charge in [0.2, 0.25) is 0 Å². The highest BCUT2D eigenvalue weighted by atomic mass is 16.5. The Kier molecular flexibility index (Phi) is 17.2. The average molecular weight is 631 g/mol. The molecule has 2 aliphatic rings. The van der Waals surface area contributed by atoms with Gasteiger partial charge in [-0.05, 0) is 116 Å². The maximum absolute atomic E-state index is 12.3. The third-order valence-electron chi connectivity index (χ3n) is 10.4. The van der Waals surface area contributed by atoms with E-state index in [2.05, 4.69) is 37.1 Å². The van der Waals surface area contributed by atoms with Crippen LogP contribution in [0.4, 0.5) is 0 Å². The molecule has 6 atom stereocenters. The van der Waals surface area contributed by atoms with Crippen LogP contribution < -0.4 is 10.6 Å². The Balaban J connectivity index is 2.21. The summed E-state index contributed by atoms with van der Waals surface area (Å²) in [4.78, 5) is 11.9. The minimum atomic E-state index is -1.15. The Morgan fingerprint density at radius 1 is 1.24 bits per heavy atom. The number of aliphatic hydroxyl groups is 4. The molecular weight excluding hydrogens is 568 g/mol. The largest absolute Gasteiger partial charge is 0.396 e. The summed E-state index contributed by atoms with van der Waals surface area (Å²) in [5, 5.41) is 51.3. The minimum Gasteiger partial charge on any atom is -0.396 e. The van der Waals surface area contributed by atoms with E-state index in [9.17, 15) is 25.2 Å². The summed E-state index contributed by atoms with van der Waals surface area (Å²) in [6, 6.07) is 0.401. The Hall–Kier alpha value is -1.91. The van der Waals surface area contributed by atoms with E-state index in [1.807, 2.05) is 32.2 Å². The summed E-state index contributed by atoms with van der Waals surface area (Å²) in [7, 11) is 3.57. The van der Waals surface area contributed by atoms with Crippen molar-refractivity contribution in [3.63, 3.8) is 0 Å². The van der Waals surface area contributed by atoms with E-state index in [-0.39, 0.29) is 25.0 Å². The highest BCUT2D eigenvalue weighted by Crippen LogP contribution is 2.63. The summed E-state index contributed by atoms with van der Waals surface area (Å²) in [6.45, 7) is 12.3. The first-order valence-corrected chi connectivity index (χ1v) is 16.9. The van der Waals surface area contributed by atoms with Crippen LogP contribution >= 0.6 is 0 Å². The van der Waals surface area contributed by atoms with Crippen LogP contribution in [0.1, 0.15) is 85.0 Å². The van der Waals surface area contributed by atoms with Gasteiger partial charge in [0.15, 0.2) is 0 Å². The number of nitrogens with one attached hydrogen (secondary N) is 2. The molecule has 2 fully saturated rings. The van der Waals surface area contributed by atoms with E-state index in [1.54, 1.807) is 7.11 Å². The molecular formula is C37H62N2O6. The lowest BCUT2D eigenvalue weighted by atomic mass is 9.51. The Bertz CT molecular complexity index is 1070. The SMILES string of the molecule is C=C(C=CC=C(CO)C1CCC2(C(CCCO)C(=C(C)C=O)CCC2(O)CCNC)C1O)CCC=C(C)CNC(C)CCOC. The van der Waals surface area contributed by atoms with Gasteiger partial charge in [-0.2, -0.15) is 0 Å². The molecule has 2 rings (SSSR count). The lowest BCUT2D eigenvalue weighted by Gasteiger charge is -2.57. The molecule has 45 heavy (non-hydrogen) atoms. The fraction of sp³-hybridized carbons (Fsp3) is 0.703. The van der Waals surface area contributed by atoms with Gasteiger partial charge in [0.25, 0.3) is 0 Å². The van der Waals surface area contributed by atoms with Gasteiger partial charge in [0, 0.05) is 44.2 Å². The van der Waals surface area contributed by atoms with Crippen LogP contribution in [0.15, 0.2) is 58.7 Å². The number of methoxy groups -OCH3 is 1. The topological polar surface area (TPSA) is 131 Å². The normalized spacial score (nSPS) is 29.5. The molecule has 0 amide bonds. The molecule has 1 spiro atoms.